The van der Waals surface area contributed by atoms with Crippen LogP contribution in [-0.4, -0.2) is 49.3 Å². The van der Waals surface area contributed by atoms with Crippen LogP contribution >= 0.6 is 0 Å². The standard InChI is InChI=1S/C30H36N2O.C7H8.C2H6.CH2O2.CH4.H2/c1-3-23(15-16-25-12-5-4-10-24-11-6-7-13-26(24)25)28-21-31-29-22(2)9-8-14-27(29)30(28)32-17-19-33-20-18-32;1-7-5-3-2-4-6-7;1-2;2-1-3;;/h3-4,6-11,13-14,25,31H,5,12,15-21H2,1-2H3;2-6H,1H3;1-2H3;1H,(H,2,3);1H4;1H/b23-3-;;;;;/t25-;;;;;/m1...../s1. The van der Waals surface area contributed by atoms with Crippen molar-refractivity contribution < 1.29 is 16.1 Å². The molecule has 1 saturated heterocycles. The van der Waals surface area contributed by atoms with Gasteiger partial charge in [0.1, 0.15) is 0 Å². The zero-order chi connectivity index (χ0) is 32.4. The van der Waals surface area contributed by atoms with E-state index < -0.39 is 0 Å². The molecule has 0 radical (unpaired) electrons. The first-order valence-electron chi connectivity index (χ1n) is 16.5. The molecule has 0 saturated carbocycles. The molecule has 1 aliphatic carbocycles. The van der Waals surface area contributed by atoms with Crippen molar-refractivity contribution in [2.24, 2.45) is 0 Å². The fraction of sp³-hybridized carbons (Fsp3) is 0.390. The topological polar surface area (TPSA) is 61.8 Å². The Balaban J connectivity index is 0.000000678. The van der Waals surface area contributed by atoms with E-state index in [1.165, 1.54) is 69.6 Å². The minimum Gasteiger partial charge on any atom is -0.483 e. The van der Waals surface area contributed by atoms with Gasteiger partial charge in [-0.2, -0.15) is 0 Å². The van der Waals surface area contributed by atoms with Crippen LogP contribution in [0.15, 0.2) is 96.1 Å². The SMILES string of the molecule is C.C/C=C(/CC[C@H]1CCC=Cc2ccccc21)C1=C(N2CCOCC2)c2cccc(C)c2NC1.CC.Cc1ccccc1.O=CO.[HH]. The minimum absolute atomic E-state index is 0. The second kappa shape index (κ2) is 20.8. The van der Waals surface area contributed by atoms with Crippen LogP contribution in [-0.2, 0) is 9.53 Å². The van der Waals surface area contributed by atoms with Gasteiger partial charge in [0.05, 0.1) is 18.9 Å². The predicted molar refractivity (Wildman–Crippen MR) is 199 cm³/mol. The van der Waals surface area contributed by atoms with Crippen LogP contribution in [0, 0.1) is 13.8 Å². The van der Waals surface area contributed by atoms with Gasteiger partial charge in [0.2, 0.25) is 0 Å². The number of fused-ring (bicyclic) bond motifs is 2. The first-order chi connectivity index (χ1) is 22.1. The highest BCUT2D eigenvalue weighted by molar-refractivity contribution is 5.84. The molecule has 5 nitrogen and oxygen atoms in total. The van der Waals surface area contributed by atoms with E-state index in [2.05, 4.69) is 104 Å². The van der Waals surface area contributed by atoms with Gasteiger partial charge in [-0.3, -0.25) is 4.79 Å². The van der Waals surface area contributed by atoms with E-state index in [9.17, 15) is 0 Å². The number of nitrogens with one attached hydrogen (secondary N) is 1. The van der Waals surface area contributed by atoms with E-state index in [0.717, 1.165) is 39.3 Å². The van der Waals surface area contributed by atoms with Crippen LogP contribution in [0.25, 0.3) is 11.8 Å². The Morgan fingerprint density at radius 1 is 1.00 bits per heavy atom. The summed E-state index contributed by atoms with van der Waals surface area (Å²) in [7, 11) is 0. The summed E-state index contributed by atoms with van der Waals surface area (Å²) in [5.41, 5.74) is 12.6. The van der Waals surface area contributed by atoms with Crippen molar-refractivity contribution in [2.75, 3.05) is 38.2 Å². The lowest BCUT2D eigenvalue weighted by atomic mass is 9.84. The number of carbonyl (C=O) groups is 1. The van der Waals surface area contributed by atoms with Crippen molar-refractivity contribution in [1.82, 2.24) is 4.90 Å². The van der Waals surface area contributed by atoms with Gasteiger partial charge < -0.3 is 20.1 Å². The highest BCUT2D eigenvalue weighted by Crippen LogP contribution is 2.40. The predicted octanol–water partition coefficient (Wildman–Crippen LogP) is 10.4. The van der Waals surface area contributed by atoms with E-state index >= 15 is 0 Å². The number of benzene rings is 3. The molecular formula is C41H58N2O3. The fourth-order valence-corrected chi connectivity index (χ4v) is 6.27. The second-order valence-electron chi connectivity index (χ2n) is 11.2. The molecule has 0 spiro atoms. The molecule has 2 heterocycles. The number of carboxylic acid groups (broad SMARTS) is 1. The maximum Gasteiger partial charge on any atom is 0.290 e. The second-order valence-corrected chi connectivity index (χ2v) is 11.2. The summed E-state index contributed by atoms with van der Waals surface area (Å²) in [5, 5.41) is 10.7. The van der Waals surface area contributed by atoms with E-state index in [1.807, 2.05) is 32.0 Å². The van der Waals surface area contributed by atoms with E-state index in [0.29, 0.717) is 5.92 Å². The molecule has 2 aliphatic heterocycles. The zero-order valence-corrected chi connectivity index (χ0v) is 27.9. The number of nitrogens with zero attached hydrogens (tertiary/aromatic N) is 1. The quantitative estimate of drug-likeness (QED) is 0.276. The molecule has 0 amide bonds. The van der Waals surface area contributed by atoms with Gasteiger partial charge in [-0.15, -0.1) is 0 Å². The molecule has 2 N–H and O–H groups in total. The molecule has 250 valence electrons. The summed E-state index contributed by atoms with van der Waals surface area (Å²) in [6, 6.07) is 25.9. The largest absolute Gasteiger partial charge is 0.483 e. The molecule has 0 aromatic heterocycles. The summed E-state index contributed by atoms with van der Waals surface area (Å²) in [6.45, 7) is 14.7. The summed E-state index contributed by atoms with van der Waals surface area (Å²) in [6.07, 6.45) is 11.7. The molecule has 0 unspecified atom stereocenters. The van der Waals surface area contributed by atoms with Gasteiger partial charge in [0, 0.05) is 32.3 Å². The first-order valence-corrected chi connectivity index (χ1v) is 16.5. The number of anilines is 1. The van der Waals surface area contributed by atoms with Crippen molar-refractivity contribution in [1.29, 1.82) is 0 Å². The third-order valence-corrected chi connectivity index (χ3v) is 8.44. The highest BCUT2D eigenvalue weighted by Gasteiger charge is 2.27. The summed E-state index contributed by atoms with van der Waals surface area (Å²) in [4.78, 5) is 10.9. The molecule has 5 heteroatoms. The minimum atomic E-state index is -0.250. The van der Waals surface area contributed by atoms with Crippen molar-refractivity contribution in [3.8, 4) is 0 Å². The molecule has 3 aromatic carbocycles. The average Bonchev–Trinajstić information content (AvgIpc) is 3.29. The first kappa shape index (κ1) is 38.1. The number of aryl methyl sites for hydroxylation is 2. The van der Waals surface area contributed by atoms with Crippen molar-refractivity contribution in [3.63, 3.8) is 0 Å². The Kier molecular flexibility index (Phi) is 17.3. The van der Waals surface area contributed by atoms with Gasteiger partial charge in [0.25, 0.3) is 6.47 Å². The van der Waals surface area contributed by atoms with E-state index in [-0.39, 0.29) is 15.3 Å². The van der Waals surface area contributed by atoms with Crippen LogP contribution in [0.2, 0.25) is 0 Å². The van der Waals surface area contributed by atoms with Crippen molar-refractivity contribution >= 4 is 23.9 Å². The van der Waals surface area contributed by atoms with E-state index in [1.54, 1.807) is 0 Å². The van der Waals surface area contributed by atoms with Crippen LogP contribution < -0.4 is 5.32 Å². The zero-order valence-electron chi connectivity index (χ0n) is 27.9. The molecule has 1 atom stereocenters. The lowest BCUT2D eigenvalue weighted by Crippen LogP contribution is -2.37. The van der Waals surface area contributed by atoms with Crippen molar-refractivity contribution in [3.05, 3.63) is 124 Å². The van der Waals surface area contributed by atoms with Gasteiger partial charge in [-0.25, -0.2) is 0 Å². The van der Waals surface area contributed by atoms with Gasteiger partial charge >= 0.3 is 0 Å². The fourth-order valence-electron chi connectivity index (χ4n) is 6.27. The number of morpholine rings is 1. The van der Waals surface area contributed by atoms with Gasteiger partial charge in [-0.05, 0) is 80.2 Å². The maximum absolute atomic E-state index is 8.36. The van der Waals surface area contributed by atoms with Crippen LogP contribution in [0.5, 0.6) is 0 Å². The van der Waals surface area contributed by atoms with Gasteiger partial charge in [-0.1, -0.05) is 118 Å². The molecule has 0 bridgehead atoms. The Morgan fingerprint density at radius 2 is 1.67 bits per heavy atom. The normalized spacial score (nSPS) is 16.6. The highest BCUT2D eigenvalue weighted by atomic mass is 16.5. The summed E-state index contributed by atoms with van der Waals surface area (Å²) in [5.74, 6) is 0.615. The molecule has 1 fully saturated rings. The maximum atomic E-state index is 8.36. The number of hydrogen-bond donors (Lipinski definition) is 2. The number of hydrogen-bond acceptors (Lipinski definition) is 4. The number of ether oxygens (including phenoxy) is 1. The molecular weight excluding hydrogens is 568 g/mol. The Labute approximate surface area is 280 Å². The Morgan fingerprint density at radius 3 is 2.33 bits per heavy atom. The molecule has 3 aliphatic rings. The summed E-state index contributed by atoms with van der Waals surface area (Å²) < 4.78 is 5.70. The smallest absolute Gasteiger partial charge is 0.290 e. The van der Waals surface area contributed by atoms with Crippen LogP contribution in [0.1, 0.15) is 89.0 Å². The van der Waals surface area contributed by atoms with Gasteiger partial charge in [0.15, 0.2) is 0 Å². The monoisotopic (exact) mass is 626 g/mol. The molecule has 3 aromatic rings. The Hall–Kier alpha value is -4.09. The lowest BCUT2D eigenvalue weighted by Gasteiger charge is -2.37. The molecule has 46 heavy (non-hydrogen) atoms. The number of rotatable bonds is 5. The summed E-state index contributed by atoms with van der Waals surface area (Å²) >= 11 is 0. The van der Waals surface area contributed by atoms with Crippen LogP contribution in [0.3, 0.4) is 0 Å². The van der Waals surface area contributed by atoms with Crippen molar-refractivity contribution in [2.45, 2.75) is 73.6 Å². The number of allylic oxidation sites excluding steroid dienone is 2. The molecule has 6 rings (SSSR count). The lowest BCUT2D eigenvalue weighted by molar-refractivity contribution is -0.122. The Bertz CT molecular complexity index is 1430. The third kappa shape index (κ3) is 10.5. The van der Waals surface area contributed by atoms with Crippen LogP contribution in [0.4, 0.5) is 5.69 Å². The number of para-hydroxylation sites is 1. The third-order valence-electron chi connectivity index (χ3n) is 8.44. The van der Waals surface area contributed by atoms with E-state index in [4.69, 9.17) is 14.6 Å². The average molecular weight is 627 g/mol.